The van der Waals surface area contributed by atoms with Crippen LogP contribution in [-0.4, -0.2) is 0 Å². The molecule has 196 valence electrons. The van der Waals surface area contributed by atoms with Crippen LogP contribution in [0.5, 0.6) is 0 Å². The maximum Gasteiger partial charge on any atom is -0.0110 e. The molecule has 0 heteroatoms. The zero-order chi connectivity index (χ0) is 27.0. The Kier molecular flexibility index (Phi) is 10.6. The average Bonchev–Trinajstić information content (AvgIpc) is 2.83. The third-order valence-corrected chi connectivity index (χ3v) is 7.65. The number of hydrogen-bond donors (Lipinski definition) is 0. The van der Waals surface area contributed by atoms with Gasteiger partial charge in [-0.15, -0.1) is 0 Å². The molecule has 4 rings (SSSR count). The molecule has 1 aliphatic carbocycles. The Morgan fingerprint density at radius 3 is 1.61 bits per heavy atom. The van der Waals surface area contributed by atoms with E-state index in [4.69, 9.17) is 0 Å². The van der Waals surface area contributed by atoms with E-state index >= 15 is 0 Å². The first-order valence-electron chi connectivity index (χ1n) is 13.9. The van der Waals surface area contributed by atoms with Crippen molar-refractivity contribution < 1.29 is 0 Å². The van der Waals surface area contributed by atoms with Gasteiger partial charge in [-0.25, -0.2) is 0 Å². The zero-order valence-corrected chi connectivity index (χ0v) is 24.9. The molecule has 0 bridgehead atoms. The molecule has 0 amide bonds. The van der Waals surface area contributed by atoms with Gasteiger partial charge in [0.25, 0.3) is 0 Å². The Morgan fingerprint density at radius 2 is 1.14 bits per heavy atom. The molecule has 0 spiro atoms. The summed E-state index contributed by atoms with van der Waals surface area (Å²) in [5.74, 6) is 1.38. The summed E-state index contributed by atoms with van der Waals surface area (Å²) in [6, 6.07) is 30.2. The highest BCUT2D eigenvalue weighted by molar-refractivity contribution is 5.33. The highest BCUT2D eigenvalue weighted by Crippen LogP contribution is 2.43. The average molecular weight is 485 g/mol. The zero-order valence-electron chi connectivity index (χ0n) is 24.9. The molecule has 3 aromatic carbocycles. The van der Waals surface area contributed by atoms with E-state index in [0.29, 0.717) is 22.2 Å². The lowest BCUT2D eigenvalue weighted by atomic mass is 9.69. The maximum atomic E-state index is 2.36. The number of fused-ring (bicyclic) bond motifs is 1. The molecule has 2 unspecified atom stereocenters. The van der Waals surface area contributed by atoms with Crippen molar-refractivity contribution in [3.63, 3.8) is 0 Å². The van der Waals surface area contributed by atoms with E-state index in [-0.39, 0.29) is 0 Å². The van der Waals surface area contributed by atoms with Crippen LogP contribution in [0.3, 0.4) is 0 Å². The van der Waals surface area contributed by atoms with Crippen molar-refractivity contribution in [2.75, 3.05) is 0 Å². The van der Waals surface area contributed by atoms with Crippen molar-refractivity contribution in [3.8, 4) is 0 Å². The largest absolute Gasteiger partial charge is 0.0622 e. The van der Waals surface area contributed by atoms with E-state index in [1.165, 1.54) is 30.4 Å². The van der Waals surface area contributed by atoms with Crippen molar-refractivity contribution in [2.45, 2.75) is 106 Å². The second-order valence-corrected chi connectivity index (χ2v) is 13.6. The third-order valence-electron chi connectivity index (χ3n) is 7.65. The minimum Gasteiger partial charge on any atom is -0.0622 e. The van der Waals surface area contributed by atoms with Gasteiger partial charge in [-0.05, 0) is 69.6 Å². The van der Waals surface area contributed by atoms with Crippen LogP contribution in [0.4, 0.5) is 0 Å². The van der Waals surface area contributed by atoms with Crippen LogP contribution in [0.25, 0.3) is 0 Å². The summed E-state index contributed by atoms with van der Waals surface area (Å²) >= 11 is 0. The molecule has 0 saturated heterocycles. The van der Waals surface area contributed by atoms with Crippen LogP contribution in [0.1, 0.15) is 116 Å². The van der Waals surface area contributed by atoms with E-state index in [0.717, 1.165) is 5.92 Å². The molecule has 0 radical (unpaired) electrons. The van der Waals surface area contributed by atoms with Gasteiger partial charge in [-0.2, -0.15) is 0 Å². The molecular formula is C36H52. The summed E-state index contributed by atoms with van der Waals surface area (Å²) in [6.45, 7) is 22.9. The van der Waals surface area contributed by atoms with E-state index in [1.54, 1.807) is 11.1 Å². The summed E-state index contributed by atoms with van der Waals surface area (Å²) in [4.78, 5) is 0. The lowest BCUT2D eigenvalue weighted by Crippen LogP contribution is -2.22. The number of benzene rings is 3. The Bertz CT molecular complexity index is 1010. The third kappa shape index (κ3) is 9.27. The van der Waals surface area contributed by atoms with Gasteiger partial charge in [0.1, 0.15) is 0 Å². The van der Waals surface area contributed by atoms with Crippen LogP contribution in [0, 0.1) is 10.8 Å². The lowest BCUT2D eigenvalue weighted by Gasteiger charge is -2.35. The normalized spacial score (nSPS) is 16.4. The second-order valence-electron chi connectivity index (χ2n) is 13.6. The monoisotopic (exact) mass is 484 g/mol. The molecule has 0 N–H and O–H groups in total. The molecule has 0 aliphatic heterocycles. The second kappa shape index (κ2) is 12.8. The standard InChI is InChI=1S/C14H20.C12H18.C10H14/c1-14(2,3)13-10-6-8-11-7-4-5-9-12(11)13;1-10(12(2,3)4)11-8-6-5-7-9-11;1-10(2,3)9-7-5-4-6-8-9/h4-5,7,9,13H,6,8,10H2,1-3H3;5-10H,1-4H3;4-8H,1-3H3. The van der Waals surface area contributed by atoms with Crippen LogP contribution in [0.2, 0.25) is 0 Å². The van der Waals surface area contributed by atoms with E-state index in [2.05, 4.69) is 154 Å². The highest BCUT2D eigenvalue weighted by Gasteiger charge is 2.29. The SMILES string of the molecule is CC(C)(C)C1CCCc2ccccc21.CC(C)(C)c1ccccc1.CC(c1ccccc1)C(C)(C)C. The molecule has 0 heterocycles. The summed E-state index contributed by atoms with van der Waals surface area (Å²) in [5.41, 5.74) is 7.09. The topological polar surface area (TPSA) is 0 Å². The van der Waals surface area contributed by atoms with Gasteiger partial charge in [0.15, 0.2) is 0 Å². The molecule has 1 aliphatic rings. The van der Waals surface area contributed by atoms with E-state index in [1.807, 2.05) is 0 Å². The maximum absolute atomic E-state index is 2.36. The first-order chi connectivity index (χ1) is 16.7. The van der Waals surface area contributed by atoms with Gasteiger partial charge >= 0.3 is 0 Å². The first kappa shape index (κ1) is 29.9. The Hall–Kier alpha value is -2.34. The van der Waals surface area contributed by atoms with Crippen LogP contribution >= 0.6 is 0 Å². The van der Waals surface area contributed by atoms with Gasteiger partial charge in [0, 0.05) is 0 Å². The summed E-state index contributed by atoms with van der Waals surface area (Å²) in [6.07, 6.45) is 4.00. The molecule has 0 fully saturated rings. The first-order valence-corrected chi connectivity index (χ1v) is 13.9. The summed E-state index contributed by atoms with van der Waals surface area (Å²) < 4.78 is 0. The molecule has 0 saturated carbocycles. The van der Waals surface area contributed by atoms with Crippen molar-refractivity contribution in [1.29, 1.82) is 0 Å². The van der Waals surface area contributed by atoms with Crippen molar-refractivity contribution in [3.05, 3.63) is 107 Å². The van der Waals surface area contributed by atoms with Crippen molar-refractivity contribution >= 4 is 0 Å². The van der Waals surface area contributed by atoms with Crippen LogP contribution in [-0.2, 0) is 11.8 Å². The highest BCUT2D eigenvalue weighted by atomic mass is 14.3. The van der Waals surface area contributed by atoms with Gasteiger partial charge in [-0.3, -0.25) is 0 Å². The fourth-order valence-corrected chi connectivity index (χ4v) is 4.83. The van der Waals surface area contributed by atoms with Gasteiger partial charge in [0.05, 0.1) is 0 Å². The van der Waals surface area contributed by atoms with Gasteiger partial charge in [-0.1, -0.05) is 154 Å². The molecule has 2 atom stereocenters. The van der Waals surface area contributed by atoms with Gasteiger partial charge in [0.2, 0.25) is 0 Å². The minimum atomic E-state index is 0.293. The van der Waals surface area contributed by atoms with Crippen molar-refractivity contribution in [2.24, 2.45) is 10.8 Å². The van der Waals surface area contributed by atoms with Gasteiger partial charge < -0.3 is 0 Å². The minimum absolute atomic E-state index is 0.293. The van der Waals surface area contributed by atoms with Crippen LogP contribution in [0.15, 0.2) is 84.9 Å². The predicted molar refractivity (Wildman–Crippen MR) is 161 cm³/mol. The number of hydrogen-bond acceptors (Lipinski definition) is 0. The van der Waals surface area contributed by atoms with Crippen LogP contribution < -0.4 is 0 Å². The van der Waals surface area contributed by atoms with Crippen molar-refractivity contribution in [1.82, 2.24) is 0 Å². The summed E-state index contributed by atoms with van der Waals surface area (Å²) in [7, 11) is 0. The number of aryl methyl sites for hydroxylation is 1. The smallest absolute Gasteiger partial charge is 0.0110 e. The van der Waals surface area contributed by atoms with E-state index < -0.39 is 0 Å². The fraction of sp³-hybridized carbons (Fsp3) is 0.500. The quantitative estimate of drug-likeness (QED) is 0.322. The fourth-order valence-electron chi connectivity index (χ4n) is 4.83. The molecule has 3 aromatic rings. The molecule has 0 nitrogen and oxygen atoms in total. The number of rotatable bonds is 1. The summed E-state index contributed by atoms with van der Waals surface area (Å²) in [5, 5.41) is 0. The Morgan fingerprint density at radius 1 is 0.639 bits per heavy atom. The predicted octanol–water partition coefficient (Wildman–Crippen LogP) is 11.0. The lowest BCUT2D eigenvalue weighted by molar-refractivity contribution is 0.289. The molecular weight excluding hydrogens is 432 g/mol. The Labute approximate surface area is 223 Å². The molecule has 0 aromatic heterocycles. The Balaban J connectivity index is 0.000000193. The van der Waals surface area contributed by atoms with E-state index in [9.17, 15) is 0 Å². The molecule has 36 heavy (non-hydrogen) atoms.